The summed E-state index contributed by atoms with van der Waals surface area (Å²) >= 11 is 0. The second kappa shape index (κ2) is 10.1. The number of piperidine rings is 1. The zero-order valence-electron chi connectivity index (χ0n) is 19.0. The molecule has 0 aliphatic carbocycles. The number of nitrogens with zero attached hydrogens (tertiary/aromatic N) is 2. The number of methoxy groups -OCH3 is 2. The summed E-state index contributed by atoms with van der Waals surface area (Å²) in [5.41, 5.74) is 2.53. The molecule has 2 amide bonds. The van der Waals surface area contributed by atoms with Crippen molar-refractivity contribution in [2.75, 3.05) is 24.4 Å². The number of hydrogen-bond acceptors (Lipinski definition) is 5. The average molecular weight is 456 g/mol. The highest BCUT2D eigenvalue weighted by molar-refractivity contribution is 6.00. The van der Waals surface area contributed by atoms with Crippen molar-refractivity contribution in [1.82, 2.24) is 0 Å². The van der Waals surface area contributed by atoms with Gasteiger partial charge in [-0.05, 0) is 66.6 Å². The topological polar surface area (TPSA) is 91.7 Å². The Hall–Kier alpha value is -4.31. The Morgan fingerprint density at radius 3 is 2.26 bits per heavy atom. The Morgan fingerprint density at radius 1 is 1.00 bits per heavy atom. The highest BCUT2D eigenvalue weighted by Crippen LogP contribution is 2.41. The Kier molecular flexibility index (Phi) is 6.79. The van der Waals surface area contributed by atoms with E-state index in [1.807, 2.05) is 36.4 Å². The normalized spacial score (nSPS) is 17.6. The molecule has 7 heteroatoms. The fourth-order valence-corrected chi connectivity index (χ4v) is 4.30. The fraction of sp³-hybridized carbons (Fsp3) is 0.222. The summed E-state index contributed by atoms with van der Waals surface area (Å²) in [6.07, 6.45) is 0.654. The highest BCUT2D eigenvalue weighted by atomic mass is 16.5. The number of carbonyl (C=O) groups excluding carboxylic acids is 2. The van der Waals surface area contributed by atoms with E-state index in [1.165, 1.54) is 0 Å². The van der Waals surface area contributed by atoms with Crippen molar-refractivity contribution < 1.29 is 19.1 Å². The molecule has 34 heavy (non-hydrogen) atoms. The minimum absolute atomic E-state index is 0.0542. The number of hydrogen-bond donors (Lipinski definition) is 1. The van der Waals surface area contributed by atoms with Gasteiger partial charge in [0.25, 0.3) is 0 Å². The predicted octanol–water partition coefficient (Wildman–Crippen LogP) is 4.70. The van der Waals surface area contributed by atoms with Gasteiger partial charge in [-0.15, -0.1) is 0 Å². The van der Waals surface area contributed by atoms with Gasteiger partial charge in [-0.25, -0.2) is 0 Å². The second-order valence-electron chi connectivity index (χ2n) is 8.01. The molecule has 1 aliphatic heterocycles. The van der Waals surface area contributed by atoms with Gasteiger partial charge in [0.1, 0.15) is 11.5 Å². The minimum Gasteiger partial charge on any atom is -0.497 e. The van der Waals surface area contributed by atoms with Gasteiger partial charge in [0.2, 0.25) is 11.8 Å². The van der Waals surface area contributed by atoms with E-state index in [9.17, 15) is 14.9 Å². The number of nitriles is 1. The summed E-state index contributed by atoms with van der Waals surface area (Å²) in [4.78, 5) is 28.3. The largest absolute Gasteiger partial charge is 0.497 e. The maximum Gasteiger partial charge on any atom is 0.229 e. The molecule has 3 aromatic rings. The van der Waals surface area contributed by atoms with E-state index < -0.39 is 12.0 Å². The average Bonchev–Trinajstić information content (AvgIpc) is 2.88. The molecule has 1 fully saturated rings. The third-order valence-electron chi connectivity index (χ3n) is 6.00. The van der Waals surface area contributed by atoms with Crippen molar-refractivity contribution >= 4 is 23.2 Å². The molecule has 172 valence electrons. The number of amides is 2. The third-order valence-corrected chi connectivity index (χ3v) is 6.00. The fourth-order valence-electron chi connectivity index (χ4n) is 4.30. The molecule has 1 heterocycles. The summed E-state index contributed by atoms with van der Waals surface area (Å²) in [5.74, 6) is 0.611. The van der Waals surface area contributed by atoms with Crippen molar-refractivity contribution in [2.45, 2.75) is 18.9 Å². The van der Waals surface area contributed by atoms with Gasteiger partial charge in [-0.2, -0.15) is 5.26 Å². The quantitative estimate of drug-likeness (QED) is 0.582. The van der Waals surface area contributed by atoms with E-state index in [0.29, 0.717) is 34.9 Å². The van der Waals surface area contributed by atoms with Gasteiger partial charge < -0.3 is 19.7 Å². The lowest BCUT2D eigenvalue weighted by Gasteiger charge is -2.41. The summed E-state index contributed by atoms with van der Waals surface area (Å²) in [6.45, 7) is 0. The summed E-state index contributed by atoms with van der Waals surface area (Å²) in [6, 6.07) is 23.0. The SMILES string of the molecule is COc1ccc(C2C(C(=O)Nc3cccc(C#N)c3)CCC(=O)N2c2ccc(OC)cc2)cc1. The van der Waals surface area contributed by atoms with Crippen LogP contribution >= 0.6 is 0 Å². The van der Waals surface area contributed by atoms with E-state index in [2.05, 4.69) is 11.4 Å². The van der Waals surface area contributed by atoms with Gasteiger partial charge in [-0.3, -0.25) is 9.59 Å². The molecule has 0 saturated carbocycles. The molecular weight excluding hydrogens is 430 g/mol. The standard InChI is InChI=1S/C27H25N3O4/c1-33-22-10-6-19(7-11-22)26-24(27(32)29-20-5-3-4-18(16-20)17-28)14-15-25(31)30(26)21-8-12-23(34-2)13-9-21/h3-13,16,24,26H,14-15H2,1-2H3,(H,29,32). The Balaban J connectivity index is 1.73. The molecule has 4 rings (SSSR count). The number of carbonyl (C=O) groups is 2. The van der Waals surface area contributed by atoms with E-state index in [1.54, 1.807) is 55.5 Å². The first-order valence-electron chi connectivity index (χ1n) is 10.9. The smallest absolute Gasteiger partial charge is 0.229 e. The Morgan fingerprint density at radius 2 is 1.65 bits per heavy atom. The van der Waals surface area contributed by atoms with Crippen LogP contribution < -0.4 is 19.7 Å². The molecule has 3 aromatic carbocycles. The molecule has 0 aromatic heterocycles. The number of rotatable bonds is 6. The van der Waals surface area contributed by atoms with Crippen molar-refractivity contribution in [2.24, 2.45) is 5.92 Å². The van der Waals surface area contributed by atoms with Gasteiger partial charge in [0.05, 0.1) is 37.8 Å². The predicted molar refractivity (Wildman–Crippen MR) is 129 cm³/mol. The van der Waals surface area contributed by atoms with Crippen LogP contribution in [-0.4, -0.2) is 26.0 Å². The second-order valence-corrected chi connectivity index (χ2v) is 8.01. The summed E-state index contributed by atoms with van der Waals surface area (Å²) in [7, 11) is 3.18. The summed E-state index contributed by atoms with van der Waals surface area (Å²) < 4.78 is 10.6. The van der Waals surface area contributed by atoms with Crippen LogP contribution in [0.4, 0.5) is 11.4 Å². The van der Waals surface area contributed by atoms with Crippen LogP contribution in [0.5, 0.6) is 11.5 Å². The first-order valence-corrected chi connectivity index (χ1v) is 10.9. The molecule has 1 N–H and O–H groups in total. The molecule has 0 bridgehead atoms. The minimum atomic E-state index is -0.514. The van der Waals surface area contributed by atoms with Gasteiger partial charge in [0, 0.05) is 17.8 Å². The highest BCUT2D eigenvalue weighted by Gasteiger charge is 2.41. The van der Waals surface area contributed by atoms with Crippen LogP contribution in [-0.2, 0) is 9.59 Å². The molecule has 1 aliphatic rings. The van der Waals surface area contributed by atoms with E-state index in [-0.39, 0.29) is 18.2 Å². The number of anilines is 2. The zero-order valence-corrected chi connectivity index (χ0v) is 19.0. The van der Waals surface area contributed by atoms with Gasteiger partial charge in [-0.1, -0.05) is 18.2 Å². The first-order chi connectivity index (χ1) is 16.5. The maximum absolute atomic E-state index is 13.5. The zero-order chi connectivity index (χ0) is 24.1. The van der Waals surface area contributed by atoms with Crippen molar-refractivity contribution in [3.63, 3.8) is 0 Å². The Bertz CT molecular complexity index is 1220. The summed E-state index contributed by atoms with van der Waals surface area (Å²) in [5, 5.41) is 12.1. The number of benzene rings is 3. The number of ether oxygens (including phenoxy) is 2. The lowest BCUT2D eigenvalue weighted by atomic mass is 9.83. The maximum atomic E-state index is 13.5. The van der Waals surface area contributed by atoms with Gasteiger partial charge in [0.15, 0.2) is 0 Å². The molecule has 2 atom stereocenters. The van der Waals surface area contributed by atoms with Crippen molar-refractivity contribution in [1.29, 1.82) is 5.26 Å². The van der Waals surface area contributed by atoms with Crippen LogP contribution in [0, 0.1) is 17.2 Å². The van der Waals surface area contributed by atoms with E-state index in [4.69, 9.17) is 9.47 Å². The van der Waals surface area contributed by atoms with Crippen LogP contribution in [0.25, 0.3) is 0 Å². The van der Waals surface area contributed by atoms with E-state index >= 15 is 0 Å². The van der Waals surface area contributed by atoms with Crippen LogP contribution in [0.3, 0.4) is 0 Å². The molecule has 7 nitrogen and oxygen atoms in total. The first kappa shape index (κ1) is 22.9. The number of nitrogens with one attached hydrogen (secondary N) is 1. The van der Waals surface area contributed by atoms with Crippen molar-refractivity contribution in [3.05, 3.63) is 83.9 Å². The van der Waals surface area contributed by atoms with E-state index in [0.717, 1.165) is 5.56 Å². The Labute approximate surface area is 198 Å². The monoisotopic (exact) mass is 455 g/mol. The molecule has 0 radical (unpaired) electrons. The lowest BCUT2D eigenvalue weighted by Crippen LogP contribution is -2.46. The third kappa shape index (κ3) is 4.71. The lowest BCUT2D eigenvalue weighted by molar-refractivity contribution is -0.125. The van der Waals surface area contributed by atoms with Crippen LogP contribution in [0.15, 0.2) is 72.8 Å². The van der Waals surface area contributed by atoms with Crippen molar-refractivity contribution in [3.8, 4) is 17.6 Å². The molecule has 2 unspecified atom stereocenters. The van der Waals surface area contributed by atoms with Gasteiger partial charge >= 0.3 is 0 Å². The van der Waals surface area contributed by atoms with Crippen LogP contribution in [0.2, 0.25) is 0 Å². The molecule has 0 spiro atoms. The molecule has 1 saturated heterocycles. The van der Waals surface area contributed by atoms with Crippen LogP contribution in [0.1, 0.15) is 30.0 Å². The molecular formula is C27H25N3O4.